The van der Waals surface area contributed by atoms with Crippen LogP contribution in [0.2, 0.25) is 0 Å². The molecule has 2 aliphatic rings. The van der Waals surface area contributed by atoms with Gasteiger partial charge in [0.05, 0.1) is 0 Å². The van der Waals surface area contributed by atoms with Gasteiger partial charge in [-0.05, 0) is 37.1 Å². The lowest BCUT2D eigenvalue weighted by Crippen LogP contribution is -2.10. The molecule has 0 aromatic heterocycles. The Hall–Kier alpha value is -0.480. The Morgan fingerprint density at radius 2 is 2.36 bits per heavy atom. The van der Waals surface area contributed by atoms with E-state index >= 15 is 0 Å². The van der Waals surface area contributed by atoms with Gasteiger partial charge in [0.1, 0.15) is 0 Å². The van der Waals surface area contributed by atoms with Crippen LogP contribution in [0.1, 0.15) is 25.7 Å². The lowest BCUT2D eigenvalue weighted by atomic mass is 10.2. The van der Waals surface area contributed by atoms with E-state index in [0.717, 1.165) is 37.3 Å². The van der Waals surface area contributed by atoms with Crippen LogP contribution < -0.4 is 5.32 Å². The lowest BCUT2D eigenvalue weighted by molar-refractivity contribution is -0.132. The molecule has 1 fully saturated rings. The van der Waals surface area contributed by atoms with Gasteiger partial charge in [-0.1, -0.05) is 0 Å². The van der Waals surface area contributed by atoms with Crippen molar-refractivity contribution in [2.75, 3.05) is 13.1 Å². The molecule has 0 amide bonds. The molecule has 0 bridgehead atoms. The van der Waals surface area contributed by atoms with Gasteiger partial charge >= 0.3 is 5.97 Å². The van der Waals surface area contributed by atoms with Crippen molar-refractivity contribution >= 4 is 17.7 Å². The topological polar surface area (TPSA) is 49.3 Å². The normalized spacial score (nSPS) is 27.3. The minimum Gasteiger partial charge on any atom is -0.478 e. The third kappa shape index (κ3) is 2.12. The largest absolute Gasteiger partial charge is 0.478 e. The van der Waals surface area contributed by atoms with Crippen LogP contribution in [0.3, 0.4) is 0 Å². The van der Waals surface area contributed by atoms with Crippen LogP contribution in [0.15, 0.2) is 10.5 Å². The van der Waals surface area contributed by atoms with Gasteiger partial charge in [0, 0.05) is 17.4 Å². The molecule has 14 heavy (non-hydrogen) atoms. The van der Waals surface area contributed by atoms with Gasteiger partial charge in [-0.2, -0.15) is 0 Å². The number of rotatable bonds is 3. The van der Waals surface area contributed by atoms with Gasteiger partial charge in [-0.25, -0.2) is 4.79 Å². The van der Waals surface area contributed by atoms with E-state index in [1.807, 2.05) is 0 Å². The number of hydrogen-bond donors (Lipinski definition) is 2. The second-order valence-corrected chi connectivity index (χ2v) is 5.19. The van der Waals surface area contributed by atoms with Gasteiger partial charge in [0.2, 0.25) is 0 Å². The van der Waals surface area contributed by atoms with Crippen molar-refractivity contribution in [2.24, 2.45) is 0 Å². The molecule has 2 rings (SSSR count). The SMILES string of the molecule is O=C(O)C1=C(SC2CCNC2)CCC1. The molecule has 1 aliphatic carbocycles. The van der Waals surface area contributed by atoms with Crippen LogP contribution in [-0.2, 0) is 4.79 Å². The molecule has 2 N–H and O–H groups in total. The summed E-state index contributed by atoms with van der Waals surface area (Å²) in [4.78, 5) is 12.0. The van der Waals surface area contributed by atoms with Gasteiger partial charge in [-0.15, -0.1) is 11.8 Å². The Morgan fingerprint density at radius 3 is 3.00 bits per heavy atom. The van der Waals surface area contributed by atoms with E-state index in [-0.39, 0.29) is 0 Å². The summed E-state index contributed by atoms with van der Waals surface area (Å²) in [6.07, 6.45) is 3.92. The first-order chi connectivity index (χ1) is 6.77. The number of aliphatic carboxylic acids is 1. The van der Waals surface area contributed by atoms with Crippen molar-refractivity contribution < 1.29 is 9.90 Å². The maximum Gasteiger partial charge on any atom is 0.332 e. The average molecular weight is 213 g/mol. The summed E-state index contributed by atoms with van der Waals surface area (Å²) in [5.74, 6) is -0.712. The van der Waals surface area contributed by atoms with Crippen molar-refractivity contribution in [1.29, 1.82) is 0 Å². The number of carbonyl (C=O) groups is 1. The third-order valence-electron chi connectivity index (χ3n) is 2.75. The monoisotopic (exact) mass is 213 g/mol. The molecule has 1 aliphatic heterocycles. The van der Waals surface area contributed by atoms with Crippen LogP contribution in [-0.4, -0.2) is 29.4 Å². The van der Waals surface area contributed by atoms with Gasteiger partial charge in [0.15, 0.2) is 0 Å². The van der Waals surface area contributed by atoms with Crippen molar-refractivity contribution in [3.05, 3.63) is 10.5 Å². The van der Waals surface area contributed by atoms with Gasteiger partial charge in [0.25, 0.3) is 0 Å². The predicted molar refractivity (Wildman–Crippen MR) is 57.4 cm³/mol. The fourth-order valence-electron chi connectivity index (χ4n) is 2.00. The molecule has 0 aromatic rings. The van der Waals surface area contributed by atoms with Gasteiger partial charge in [-0.3, -0.25) is 0 Å². The standard InChI is InChI=1S/C10H15NO2S/c12-10(13)8-2-1-3-9(8)14-7-4-5-11-6-7/h7,11H,1-6H2,(H,12,13). The van der Waals surface area contributed by atoms with E-state index in [1.54, 1.807) is 11.8 Å². The van der Waals surface area contributed by atoms with Crippen LogP contribution in [0.4, 0.5) is 0 Å². The van der Waals surface area contributed by atoms with Crippen molar-refractivity contribution in [3.63, 3.8) is 0 Å². The number of thioether (sulfide) groups is 1. The fraction of sp³-hybridized carbons (Fsp3) is 0.700. The zero-order valence-corrected chi connectivity index (χ0v) is 8.90. The fourth-order valence-corrected chi connectivity index (χ4v) is 3.44. The summed E-state index contributed by atoms with van der Waals surface area (Å²) in [6.45, 7) is 2.11. The van der Waals surface area contributed by atoms with E-state index in [9.17, 15) is 4.79 Å². The highest BCUT2D eigenvalue weighted by Crippen LogP contribution is 2.38. The highest BCUT2D eigenvalue weighted by molar-refractivity contribution is 8.03. The molecular weight excluding hydrogens is 198 g/mol. The highest BCUT2D eigenvalue weighted by Gasteiger charge is 2.24. The first-order valence-corrected chi connectivity index (χ1v) is 5.98. The first kappa shape index (κ1) is 10.1. The zero-order valence-electron chi connectivity index (χ0n) is 8.08. The molecule has 0 spiro atoms. The first-order valence-electron chi connectivity index (χ1n) is 5.10. The van der Waals surface area contributed by atoms with Crippen molar-refractivity contribution in [1.82, 2.24) is 5.32 Å². The Bertz CT molecular complexity index is 269. The number of hydrogen-bond acceptors (Lipinski definition) is 3. The minimum absolute atomic E-state index is 0.595. The molecule has 1 saturated heterocycles. The maximum absolute atomic E-state index is 10.9. The molecule has 1 unspecified atom stereocenters. The number of carboxylic acids is 1. The summed E-state index contributed by atoms with van der Waals surface area (Å²) >= 11 is 1.79. The second kappa shape index (κ2) is 4.36. The average Bonchev–Trinajstić information content (AvgIpc) is 2.75. The predicted octanol–water partition coefficient (Wildman–Crippen LogP) is 1.60. The van der Waals surface area contributed by atoms with Crippen LogP contribution in [0.5, 0.6) is 0 Å². The summed E-state index contributed by atoms with van der Waals surface area (Å²) in [7, 11) is 0. The quantitative estimate of drug-likeness (QED) is 0.747. The smallest absolute Gasteiger partial charge is 0.332 e. The Labute approximate surface area is 88.0 Å². The van der Waals surface area contributed by atoms with Gasteiger partial charge < -0.3 is 10.4 Å². The van der Waals surface area contributed by atoms with Crippen LogP contribution in [0.25, 0.3) is 0 Å². The summed E-state index contributed by atoms with van der Waals surface area (Å²) < 4.78 is 0. The molecule has 0 radical (unpaired) electrons. The molecule has 0 saturated carbocycles. The highest BCUT2D eigenvalue weighted by atomic mass is 32.2. The third-order valence-corrected chi connectivity index (χ3v) is 4.22. The molecule has 78 valence electrons. The van der Waals surface area contributed by atoms with Crippen LogP contribution in [0, 0.1) is 0 Å². The van der Waals surface area contributed by atoms with E-state index < -0.39 is 5.97 Å². The number of nitrogens with one attached hydrogen (secondary N) is 1. The van der Waals surface area contributed by atoms with Crippen LogP contribution >= 0.6 is 11.8 Å². The van der Waals surface area contributed by atoms with Crippen molar-refractivity contribution in [2.45, 2.75) is 30.9 Å². The van der Waals surface area contributed by atoms with E-state index in [0.29, 0.717) is 10.8 Å². The number of allylic oxidation sites excluding steroid dienone is 1. The van der Waals surface area contributed by atoms with E-state index in [1.165, 1.54) is 6.42 Å². The maximum atomic E-state index is 10.9. The Morgan fingerprint density at radius 1 is 1.50 bits per heavy atom. The molecule has 1 heterocycles. The van der Waals surface area contributed by atoms with E-state index in [2.05, 4.69) is 5.32 Å². The Balaban J connectivity index is 2.00. The lowest BCUT2D eigenvalue weighted by Gasteiger charge is -2.09. The summed E-state index contributed by atoms with van der Waals surface area (Å²) in [5.41, 5.74) is 0.668. The van der Waals surface area contributed by atoms with E-state index in [4.69, 9.17) is 5.11 Å². The summed E-state index contributed by atoms with van der Waals surface area (Å²) in [5, 5.41) is 12.9. The molecular formula is C10H15NO2S. The minimum atomic E-state index is -0.712. The molecule has 0 aromatic carbocycles. The summed E-state index contributed by atoms with van der Waals surface area (Å²) in [6, 6.07) is 0. The second-order valence-electron chi connectivity index (χ2n) is 3.79. The molecule has 1 atom stereocenters. The zero-order chi connectivity index (χ0) is 9.97. The Kier molecular flexibility index (Phi) is 3.13. The number of carboxylic acid groups (broad SMARTS) is 1. The molecule has 3 nitrogen and oxygen atoms in total. The molecule has 4 heteroatoms. The van der Waals surface area contributed by atoms with Crippen molar-refractivity contribution in [3.8, 4) is 0 Å².